The summed E-state index contributed by atoms with van der Waals surface area (Å²) in [6.45, 7) is 4.41. The Balaban J connectivity index is 1.70. The van der Waals surface area contributed by atoms with Gasteiger partial charge in [0.05, 0.1) is 11.7 Å². The topological polar surface area (TPSA) is 41.1 Å². The zero-order chi connectivity index (χ0) is 9.80. The van der Waals surface area contributed by atoms with Gasteiger partial charge in [-0.1, -0.05) is 11.6 Å². The second kappa shape index (κ2) is 4.91. The molecular formula is C8H13ClN4S. The first kappa shape index (κ1) is 10.1. The third kappa shape index (κ3) is 2.56. The number of rotatable bonds is 4. The Kier molecular flexibility index (Phi) is 3.55. The Morgan fingerprint density at radius 3 is 2.79 bits per heavy atom. The average Bonchev–Trinajstić information content (AvgIpc) is 2.78. The van der Waals surface area contributed by atoms with Crippen molar-refractivity contribution in [3.63, 3.8) is 0 Å². The molecule has 1 aromatic heterocycles. The quantitative estimate of drug-likeness (QED) is 0.858. The average molecular weight is 233 g/mol. The largest absolute Gasteiger partial charge is 0.365 e. The van der Waals surface area contributed by atoms with E-state index in [1.54, 1.807) is 0 Å². The molecule has 0 aromatic carbocycles. The monoisotopic (exact) mass is 232 g/mol. The molecule has 0 radical (unpaired) electrons. The molecule has 14 heavy (non-hydrogen) atoms. The fourth-order valence-electron chi connectivity index (χ4n) is 1.62. The Labute approximate surface area is 92.6 Å². The van der Waals surface area contributed by atoms with Gasteiger partial charge >= 0.3 is 0 Å². The van der Waals surface area contributed by atoms with E-state index in [1.807, 2.05) is 0 Å². The zero-order valence-corrected chi connectivity index (χ0v) is 9.44. The van der Waals surface area contributed by atoms with Gasteiger partial charge in [0.1, 0.15) is 0 Å². The van der Waals surface area contributed by atoms with E-state index in [1.165, 1.54) is 25.9 Å². The minimum absolute atomic E-state index is 0.483. The van der Waals surface area contributed by atoms with Gasteiger partial charge in [0.25, 0.3) is 0 Å². The number of aromatic nitrogens is 2. The minimum atomic E-state index is 0.483. The van der Waals surface area contributed by atoms with Crippen molar-refractivity contribution in [2.75, 3.05) is 31.5 Å². The van der Waals surface area contributed by atoms with Crippen LogP contribution in [-0.2, 0) is 0 Å². The van der Waals surface area contributed by atoms with E-state index in [2.05, 4.69) is 19.0 Å². The molecule has 6 heteroatoms. The SMILES string of the molecule is Clc1nsnc1NCCN1CCCC1. The summed E-state index contributed by atoms with van der Waals surface area (Å²) in [5.41, 5.74) is 0. The molecule has 2 heterocycles. The van der Waals surface area contributed by atoms with E-state index in [4.69, 9.17) is 11.6 Å². The summed E-state index contributed by atoms with van der Waals surface area (Å²) in [4.78, 5) is 2.45. The van der Waals surface area contributed by atoms with Gasteiger partial charge in [0.15, 0.2) is 11.0 Å². The molecule has 2 rings (SSSR count). The minimum Gasteiger partial charge on any atom is -0.365 e. The molecular weight excluding hydrogens is 220 g/mol. The highest BCUT2D eigenvalue weighted by molar-refractivity contribution is 6.99. The van der Waals surface area contributed by atoms with Crippen LogP contribution in [0, 0.1) is 0 Å². The maximum Gasteiger partial charge on any atom is 0.186 e. The molecule has 4 nitrogen and oxygen atoms in total. The number of hydrogen-bond donors (Lipinski definition) is 1. The second-order valence-corrected chi connectivity index (χ2v) is 4.27. The number of nitrogens with one attached hydrogen (secondary N) is 1. The highest BCUT2D eigenvalue weighted by atomic mass is 35.5. The lowest BCUT2D eigenvalue weighted by atomic mass is 10.4. The van der Waals surface area contributed by atoms with Crippen LogP contribution in [0.1, 0.15) is 12.8 Å². The predicted octanol–water partition coefficient (Wildman–Crippen LogP) is 1.70. The first-order valence-corrected chi connectivity index (χ1v) is 5.91. The molecule has 1 fully saturated rings. The van der Waals surface area contributed by atoms with E-state index in [0.29, 0.717) is 5.15 Å². The summed E-state index contributed by atoms with van der Waals surface area (Å²) >= 11 is 6.94. The van der Waals surface area contributed by atoms with E-state index in [0.717, 1.165) is 30.6 Å². The van der Waals surface area contributed by atoms with Crippen molar-refractivity contribution >= 4 is 29.1 Å². The van der Waals surface area contributed by atoms with E-state index >= 15 is 0 Å². The third-order valence-electron chi connectivity index (χ3n) is 2.37. The summed E-state index contributed by atoms with van der Waals surface area (Å²) in [7, 11) is 0. The van der Waals surface area contributed by atoms with Crippen LogP contribution >= 0.6 is 23.3 Å². The van der Waals surface area contributed by atoms with Crippen molar-refractivity contribution in [3.8, 4) is 0 Å². The van der Waals surface area contributed by atoms with Gasteiger partial charge in [-0.3, -0.25) is 0 Å². The molecule has 1 N–H and O–H groups in total. The van der Waals surface area contributed by atoms with Crippen molar-refractivity contribution in [2.24, 2.45) is 0 Å². The van der Waals surface area contributed by atoms with Gasteiger partial charge in [-0.25, -0.2) is 0 Å². The van der Waals surface area contributed by atoms with Crippen LogP contribution in [0.25, 0.3) is 0 Å². The van der Waals surface area contributed by atoms with Crippen LogP contribution in [0.2, 0.25) is 5.15 Å². The van der Waals surface area contributed by atoms with Crippen LogP contribution in [0.15, 0.2) is 0 Å². The molecule has 0 aliphatic carbocycles. The standard InChI is InChI=1S/C8H13ClN4S/c9-7-8(12-14-11-7)10-3-6-13-4-1-2-5-13/h1-6H2,(H,10,12). The molecule has 1 aliphatic rings. The van der Waals surface area contributed by atoms with Gasteiger partial charge in [-0.15, -0.1) is 0 Å². The fraction of sp³-hybridized carbons (Fsp3) is 0.750. The van der Waals surface area contributed by atoms with Crippen molar-refractivity contribution in [1.82, 2.24) is 13.6 Å². The van der Waals surface area contributed by atoms with Crippen LogP contribution in [0.4, 0.5) is 5.82 Å². The lowest BCUT2D eigenvalue weighted by molar-refractivity contribution is 0.352. The molecule has 1 aromatic rings. The molecule has 1 aliphatic heterocycles. The van der Waals surface area contributed by atoms with E-state index < -0.39 is 0 Å². The van der Waals surface area contributed by atoms with Gasteiger partial charge in [-0.05, 0) is 25.9 Å². The normalized spacial score (nSPS) is 17.5. The summed E-state index contributed by atoms with van der Waals surface area (Å²) in [5, 5.41) is 3.67. The number of hydrogen-bond acceptors (Lipinski definition) is 5. The summed E-state index contributed by atoms with van der Waals surface area (Å²) in [5.74, 6) is 0.718. The van der Waals surface area contributed by atoms with Gasteiger partial charge in [0, 0.05) is 13.1 Å². The Morgan fingerprint density at radius 1 is 1.36 bits per heavy atom. The van der Waals surface area contributed by atoms with Crippen molar-refractivity contribution in [3.05, 3.63) is 5.15 Å². The van der Waals surface area contributed by atoms with Crippen molar-refractivity contribution in [1.29, 1.82) is 0 Å². The van der Waals surface area contributed by atoms with E-state index in [-0.39, 0.29) is 0 Å². The van der Waals surface area contributed by atoms with Gasteiger partial charge in [0.2, 0.25) is 0 Å². The molecule has 78 valence electrons. The smallest absolute Gasteiger partial charge is 0.186 e. The zero-order valence-electron chi connectivity index (χ0n) is 7.87. The Bertz CT molecular complexity index is 285. The summed E-state index contributed by atoms with van der Waals surface area (Å²) in [6.07, 6.45) is 2.66. The molecule has 0 bridgehead atoms. The van der Waals surface area contributed by atoms with Crippen LogP contribution in [0.3, 0.4) is 0 Å². The first-order chi connectivity index (χ1) is 6.86. The number of likely N-dealkylation sites (tertiary alicyclic amines) is 1. The Morgan fingerprint density at radius 2 is 2.14 bits per heavy atom. The highest BCUT2D eigenvalue weighted by Crippen LogP contribution is 2.17. The maximum absolute atomic E-state index is 5.80. The molecule has 1 saturated heterocycles. The summed E-state index contributed by atoms with van der Waals surface area (Å²) < 4.78 is 7.94. The highest BCUT2D eigenvalue weighted by Gasteiger charge is 2.11. The molecule has 0 amide bonds. The van der Waals surface area contributed by atoms with Crippen LogP contribution in [0.5, 0.6) is 0 Å². The van der Waals surface area contributed by atoms with Crippen molar-refractivity contribution in [2.45, 2.75) is 12.8 Å². The lowest BCUT2D eigenvalue weighted by Crippen LogP contribution is -2.26. The number of halogens is 1. The maximum atomic E-state index is 5.80. The van der Waals surface area contributed by atoms with Crippen LogP contribution in [-0.4, -0.2) is 39.8 Å². The van der Waals surface area contributed by atoms with Gasteiger partial charge in [-0.2, -0.15) is 8.75 Å². The number of anilines is 1. The molecule has 0 spiro atoms. The fourth-order valence-corrected chi connectivity index (χ4v) is 2.31. The molecule has 0 saturated carbocycles. The van der Waals surface area contributed by atoms with Crippen molar-refractivity contribution < 1.29 is 0 Å². The lowest BCUT2D eigenvalue weighted by Gasteiger charge is -2.14. The van der Waals surface area contributed by atoms with Crippen LogP contribution < -0.4 is 5.32 Å². The number of nitrogens with zero attached hydrogens (tertiary/aromatic N) is 3. The molecule has 0 atom stereocenters. The Hall–Kier alpha value is -0.390. The van der Waals surface area contributed by atoms with E-state index in [9.17, 15) is 0 Å². The third-order valence-corrected chi connectivity index (χ3v) is 3.26. The first-order valence-electron chi connectivity index (χ1n) is 4.80. The predicted molar refractivity (Wildman–Crippen MR) is 59.1 cm³/mol. The second-order valence-electron chi connectivity index (χ2n) is 3.38. The summed E-state index contributed by atoms with van der Waals surface area (Å²) in [6, 6.07) is 0. The molecule has 0 unspecified atom stereocenters. The van der Waals surface area contributed by atoms with Gasteiger partial charge < -0.3 is 10.2 Å².